The molecule has 0 aromatic heterocycles. The number of ether oxygens (including phenoxy) is 1. The second kappa shape index (κ2) is 8.90. The highest BCUT2D eigenvalue weighted by Crippen LogP contribution is 2.26. The molecule has 1 heterocycles. The number of hydrogen-bond acceptors (Lipinski definition) is 4. The average molecular weight is 429 g/mol. The number of hydrogen-bond donors (Lipinski definition) is 1. The van der Waals surface area contributed by atoms with Gasteiger partial charge < -0.3 is 4.74 Å². The van der Waals surface area contributed by atoms with E-state index in [0.717, 1.165) is 18.7 Å². The molecule has 1 saturated heterocycles. The molecule has 0 amide bonds. The Morgan fingerprint density at radius 2 is 1.85 bits per heavy atom. The number of sulfonamides is 1. The molecule has 1 N–H and O–H groups in total. The molecule has 1 aliphatic rings. The first kappa shape index (κ1) is 20.6. The first-order valence-electron chi connectivity index (χ1n) is 8.70. The van der Waals surface area contributed by atoms with Crippen LogP contribution < -0.4 is 4.72 Å². The summed E-state index contributed by atoms with van der Waals surface area (Å²) in [5, 5.41) is 1.05. The molecule has 0 aliphatic carbocycles. The molecule has 146 valence electrons. The quantitative estimate of drug-likeness (QED) is 0.762. The fourth-order valence-electron chi connectivity index (χ4n) is 3.21. The summed E-state index contributed by atoms with van der Waals surface area (Å²) in [5.74, 6) is 0. The van der Waals surface area contributed by atoms with Crippen molar-refractivity contribution < 1.29 is 13.2 Å². The van der Waals surface area contributed by atoms with Crippen LogP contribution in [0.2, 0.25) is 10.0 Å². The molecular weight excluding hydrogens is 407 g/mol. The van der Waals surface area contributed by atoms with Gasteiger partial charge in [0.1, 0.15) is 0 Å². The Bertz CT molecular complexity index is 900. The van der Waals surface area contributed by atoms with Crippen LogP contribution in [0.3, 0.4) is 0 Å². The Hall–Kier alpha value is -1.15. The smallest absolute Gasteiger partial charge is 0.240 e. The number of halogens is 2. The lowest BCUT2D eigenvalue weighted by molar-refractivity contribution is 0.0172. The van der Waals surface area contributed by atoms with Crippen LogP contribution in [-0.4, -0.2) is 46.2 Å². The Kier molecular flexibility index (Phi) is 6.78. The minimum atomic E-state index is -3.69. The van der Waals surface area contributed by atoms with Crippen LogP contribution in [0, 0.1) is 6.92 Å². The van der Waals surface area contributed by atoms with Crippen molar-refractivity contribution in [1.29, 1.82) is 0 Å². The lowest BCUT2D eigenvalue weighted by Gasteiger charge is -2.35. The van der Waals surface area contributed by atoms with Crippen LogP contribution >= 0.6 is 23.2 Å². The van der Waals surface area contributed by atoms with Crippen LogP contribution in [-0.2, 0) is 14.8 Å². The monoisotopic (exact) mass is 428 g/mol. The maximum absolute atomic E-state index is 12.9. The zero-order chi connectivity index (χ0) is 19.4. The van der Waals surface area contributed by atoms with E-state index in [4.69, 9.17) is 27.9 Å². The molecule has 5 nitrogen and oxygen atoms in total. The van der Waals surface area contributed by atoms with Crippen molar-refractivity contribution in [2.24, 2.45) is 0 Å². The molecule has 2 aromatic rings. The standard InChI is InChI=1S/C19H22Cl2N2O3S/c1-14-17(21)6-3-7-19(14)27(24,25)22-13-18(23-8-10-26-11-9-23)15-4-2-5-16(20)12-15/h2-7,12,18,22H,8-11,13H2,1H3. The van der Waals surface area contributed by atoms with Crippen molar-refractivity contribution >= 4 is 33.2 Å². The Labute approximate surface area is 170 Å². The van der Waals surface area contributed by atoms with E-state index < -0.39 is 10.0 Å². The second-order valence-electron chi connectivity index (χ2n) is 6.43. The van der Waals surface area contributed by atoms with Gasteiger partial charge in [0, 0.05) is 35.7 Å². The van der Waals surface area contributed by atoms with Crippen LogP contribution in [0.15, 0.2) is 47.4 Å². The largest absolute Gasteiger partial charge is 0.379 e. The molecule has 1 atom stereocenters. The third-order valence-electron chi connectivity index (χ3n) is 4.69. The van der Waals surface area contributed by atoms with E-state index in [1.807, 2.05) is 18.2 Å². The van der Waals surface area contributed by atoms with Gasteiger partial charge in [-0.3, -0.25) is 4.90 Å². The summed E-state index contributed by atoms with van der Waals surface area (Å²) in [5.41, 5.74) is 1.51. The van der Waals surface area contributed by atoms with Crippen molar-refractivity contribution in [2.45, 2.75) is 17.9 Å². The Balaban J connectivity index is 1.84. The molecule has 0 bridgehead atoms. The van der Waals surface area contributed by atoms with E-state index in [1.165, 1.54) is 0 Å². The molecule has 0 saturated carbocycles. The maximum atomic E-state index is 12.9. The highest BCUT2D eigenvalue weighted by molar-refractivity contribution is 7.89. The highest BCUT2D eigenvalue weighted by atomic mass is 35.5. The van der Waals surface area contributed by atoms with Gasteiger partial charge in [0.05, 0.1) is 18.1 Å². The molecular formula is C19H22Cl2N2O3S. The van der Waals surface area contributed by atoms with Crippen molar-refractivity contribution in [3.05, 3.63) is 63.6 Å². The normalized spacial score (nSPS) is 17.0. The van der Waals surface area contributed by atoms with Gasteiger partial charge >= 0.3 is 0 Å². The van der Waals surface area contributed by atoms with Gasteiger partial charge in [0.25, 0.3) is 0 Å². The maximum Gasteiger partial charge on any atom is 0.240 e. The molecule has 27 heavy (non-hydrogen) atoms. The van der Waals surface area contributed by atoms with Crippen molar-refractivity contribution in [2.75, 3.05) is 32.8 Å². The van der Waals surface area contributed by atoms with Crippen molar-refractivity contribution in [3.63, 3.8) is 0 Å². The van der Waals surface area contributed by atoms with Gasteiger partial charge in [0.2, 0.25) is 10.0 Å². The van der Waals surface area contributed by atoms with E-state index >= 15 is 0 Å². The molecule has 3 rings (SSSR count). The van der Waals surface area contributed by atoms with Gasteiger partial charge in [0.15, 0.2) is 0 Å². The molecule has 0 spiro atoms. The number of benzene rings is 2. The number of morpholine rings is 1. The van der Waals surface area contributed by atoms with E-state index in [-0.39, 0.29) is 17.5 Å². The minimum absolute atomic E-state index is 0.137. The van der Waals surface area contributed by atoms with Crippen molar-refractivity contribution in [3.8, 4) is 0 Å². The summed E-state index contributed by atoms with van der Waals surface area (Å²) < 4.78 is 33.9. The van der Waals surface area contributed by atoms with Gasteiger partial charge in [-0.25, -0.2) is 13.1 Å². The summed E-state index contributed by atoms with van der Waals surface area (Å²) in [6.45, 7) is 4.64. The number of nitrogens with one attached hydrogen (secondary N) is 1. The van der Waals surface area contributed by atoms with Crippen LogP contribution in [0.5, 0.6) is 0 Å². The Morgan fingerprint density at radius 3 is 2.56 bits per heavy atom. The number of rotatable bonds is 6. The second-order valence-corrected chi connectivity index (χ2v) is 9.01. The predicted octanol–water partition coefficient (Wildman–Crippen LogP) is 3.65. The lowest BCUT2D eigenvalue weighted by atomic mass is 10.1. The van der Waals surface area contributed by atoms with E-state index in [2.05, 4.69) is 9.62 Å². The van der Waals surface area contributed by atoms with E-state index in [9.17, 15) is 8.42 Å². The fourth-order valence-corrected chi connectivity index (χ4v) is 4.94. The summed E-state index contributed by atoms with van der Waals surface area (Å²) in [6.07, 6.45) is 0. The van der Waals surface area contributed by atoms with Gasteiger partial charge in [-0.2, -0.15) is 0 Å². The third kappa shape index (κ3) is 5.02. The summed E-state index contributed by atoms with van der Waals surface area (Å²) in [6, 6.07) is 12.3. The first-order chi connectivity index (χ1) is 12.9. The first-order valence-corrected chi connectivity index (χ1v) is 10.9. The minimum Gasteiger partial charge on any atom is -0.379 e. The molecule has 1 aliphatic heterocycles. The van der Waals surface area contributed by atoms with E-state index in [0.29, 0.717) is 28.8 Å². The summed E-state index contributed by atoms with van der Waals surface area (Å²) in [4.78, 5) is 2.41. The summed E-state index contributed by atoms with van der Waals surface area (Å²) >= 11 is 12.2. The predicted molar refractivity (Wildman–Crippen MR) is 108 cm³/mol. The number of nitrogens with zero attached hydrogens (tertiary/aromatic N) is 1. The SMILES string of the molecule is Cc1c(Cl)cccc1S(=O)(=O)NCC(c1cccc(Cl)c1)N1CCOCC1. The van der Waals surface area contributed by atoms with Crippen LogP contribution in [0.4, 0.5) is 0 Å². The third-order valence-corrected chi connectivity index (χ3v) is 6.91. The zero-order valence-corrected chi connectivity index (χ0v) is 17.3. The average Bonchev–Trinajstić information content (AvgIpc) is 2.65. The molecule has 1 unspecified atom stereocenters. The molecule has 1 fully saturated rings. The van der Waals surface area contributed by atoms with Crippen molar-refractivity contribution in [1.82, 2.24) is 9.62 Å². The summed E-state index contributed by atoms with van der Waals surface area (Å²) in [7, 11) is -3.69. The van der Waals surface area contributed by atoms with E-state index in [1.54, 1.807) is 31.2 Å². The van der Waals surface area contributed by atoms with Crippen LogP contribution in [0.25, 0.3) is 0 Å². The Morgan fingerprint density at radius 1 is 1.15 bits per heavy atom. The highest BCUT2D eigenvalue weighted by Gasteiger charge is 2.26. The zero-order valence-electron chi connectivity index (χ0n) is 15.0. The lowest BCUT2D eigenvalue weighted by Crippen LogP contribution is -2.43. The molecule has 8 heteroatoms. The van der Waals surface area contributed by atoms with Crippen LogP contribution in [0.1, 0.15) is 17.2 Å². The topological polar surface area (TPSA) is 58.6 Å². The fraction of sp³-hybridized carbons (Fsp3) is 0.368. The van der Waals surface area contributed by atoms with Gasteiger partial charge in [-0.1, -0.05) is 41.4 Å². The molecule has 0 radical (unpaired) electrons. The van der Waals surface area contributed by atoms with Gasteiger partial charge in [-0.05, 0) is 42.3 Å². The molecule has 2 aromatic carbocycles. The van der Waals surface area contributed by atoms with Gasteiger partial charge in [-0.15, -0.1) is 0 Å².